The van der Waals surface area contributed by atoms with Crippen LogP contribution in [-0.2, 0) is 23.7 Å². The van der Waals surface area contributed by atoms with Gasteiger partial charge in [-0.2, -0.15) is 0 Å². The zero-order valence-electron chi connectivity index (χ0n) is 24.1. The Kier molecular flexibility index (Phi) is 8.29. The summed E-state index contributed by atoms with van der Waals surface area (Å²) in [5, 5.41) is 22.9. The third kappa shape index (κ3) is 5.58. The molecule has 2 bridgehead atoms. The van der Waals surface area contributed by atoms with Gasteiger partial charge in [0.2, 0.25) is 0 Å². The zero-order chi connectivity index (χ0) is 27.9. The SMILES string of the molecule is CC[C@H]1O[C@]2(CC[C@@H]1C)C[C@@H]1C[C@@H](C/C=C(\C)C[C@@H](C)/C=C/C=C3\CO[C@@H]4[C@H](O)C(C)=C[C@@H](C(=O)O1)C34O)O2. The lowest BCUT2D eigenvalue weighted by Crippen LogP contribution is -2.58. The average Bonchev–Trinajstić information content (AvgIpc) is 3.23. The first-order valence-electron chi connectivity index (χ1n) is 14.8. The standard InChI is InChI=1S/C32H46O7/c1-6-27-21(4)12-13-31(39-27)17-25-16-24(38-31)11-10-20(3)14-19(2)8-7-9-23-18-36-29-28(33)22(5)15-26(30(34)37-25)32(23,29)35/h7-10,15,19,21,24-29,33,35H,6,11-14,16-18H2,1-5H3/b8-7+,20-10+,23-9+/t19-,21-,24+,25-,26-,27+,28+,29+,31+,32?/m0/s1. The zero-order valence-corrected chi connectivity index (χ0v) is 24.1. The number of aliphatic hydroxyl groups is 2. The second-order valence-corrected chi connectivity index (χ2v) is 12.7. The summed E-state index contributed by atoms with van der Waals surface area (Å²) < 4.78 is 25.4. The van der Waals surface area contributed by atoms with E-state index in [0.29, 0.717) is 35.8 Å². The van der Waals surface area contributed by atoms with E-state index in [0.717, 1.165) is 32.1 Å². The van der Waals surface area contributed by atoms with Crippen LogP contribution in [0.15, 0.2) is 47.1 Å². The maximum Gasteiger partial charge on any atom is 0.316 e. The van der Waals surface area contributed by atoms with Crippen LogP contribution in [0, 0.1) is 17.8 Å². The first-order valence-corrected chi connectivity index (χ1v) is 14.8. The van der Waals surface area contributed by atoms with Crippen LogP contribution in [-0.4, -0.2) is 64.7 Å². The first-order chi connectivity index (χ1) is 18.5. The summed E-state index contributed by atoms with van der Waals surface area (Å²) in [5.74, 6) is -1.52. The number of carbonyl (C=O) groups is 1. The number of hydrogen-bond acceptors (Lipinski definition) is 7. The monoisotopic (exact) mass is 542 g/mol. The summed E-state index contributed by atoms with van der Waals surface area (Å²) in [7, 11) is 0. The summed E-state index contributed by atoms with van der Waals surface area (Å²) in [4.78, 5) is 13.9. The molecule has 3 fully saturated rings. The number of ether oxygens (including phenoxy) is 4. The van der Waals surface area contributed by atoms with Crippen molar-refractivity contribution in [1.82, 2.24) is 0 Å². The molecule has 1 unspecified atom stereocenters. The van der Waals surface area contributed by atoms with Crippen molar-refractivity contribution in [2.24, 2.45) is 17.8 Å². The number of hydrogen-bond donors (Lipinski definition) is 2. The van der Waals surface area contributed by atoms with Gasteiger partial charge in [-0.3, -0.25) is 4.79 Å². The molecular weight excluding hydrogens is 496 g/mol. The van der Waals surface area contributed by atoms with Crippen molar-refractivity contribution in [3.8, 4) is 0 Å². The second kappa shape index (κ2) is 11.2. The molecule has 216 valence electrons. The molecule has 3 saturated heterocycles. The van der Waals surface area contributed by atoms with Crippen LogP contribution in [0.5, 0.6) is 0 Å². The molecule has 1 spiro atoms. The van der Waals surface area contributed by atoms with Crippen molar-refractivity contribution >= 4 is 5.97 Å². The van der Waals surface area contributed by atoms with Crippen molar-refractivity contribution < 1.29 is 34.0 Å². The second-order valence-electron chi connectivity index (χ2n) is 12.7. The van der Waals surface area contributed by atoms with Crippen LogP contribution in [0.25, 0.3) is 0 Å². The van der Waals surface area contributed by atoms with Gasteiger partial charge in [0, 0.05) is 19.3 Å². The lowest BCUT2D eigenvalue weighted by molar-refractivity contribution is -0.335. The Morgan fingerprint density at radius 2 is 1.95 bits per heavy atom. The molecule has 0 aromatic carbocycles. The van der Waals surface area contributed by atoms with Gasteiger partial charge in [0.1, 0.15) is 29.8 Å². The van der Waals surface area contributed by atoms with Crippen LogP contribution in [0.1, 0.15) is 79.6 Å². The largest absolute Gasteiger partial charge is 0.462 e. The van der Waals surface area contributed by atoms with Gasteiger partial charge < -0.3 is 29.2 Å². The molecule has 7 nitrogen and oxygen atoms in total. The molecular formula is C32H46O7. The lowest BCUT2D eigenvalue weighted by Gasteiger charge is -2.50. The summed E-state index contributed by atoms with van der Waals surface area (Å²) in [6.07, 6.45) is 12.8. The van der Waals surface area contributed by atoms with Crippen molar-refractivity contribution in [2.45, 2.75) is 121 Å². The fourth-order valence-corrected chi connectivity index (χ4v) is 7.23. The highest BCUT2D eigenvalue weighted by atomic mass is 16.7. The van der Waals surface area contributed by atoms with Crippen LogP contribution in [0.4, 0.5) is 0 Å². The van der Waals surface area contributed by atoms with Crippen molar-refractivity contribution in [3.63, 3.8) is 0 Å². The number of fused-ring (bicyclic) bond motifs is 2. The van der Waals surface area contributed by atoms with Gasteiger partial charge in [-0.15, -0.1) is 0 Å². The van der Waals surface area contributed by atoms with Crippen molar-refractivity contribution in [2.75, 3.05) is 6.61 Å². The molecule has 7 heteroatoms. The quantitative estimate of drug-likeness (QED) is 0.359. The number of allylic oxidation sites excluding steroid dienone is 4. The molecule has 0 radical (unpaired) electrons. The Labute approximate surface area is 232 Å². The molecule has 0 saturated carbocycles. The minimum atomic E-state index is -1.68. The van der Waals surface area contributed by atoms with E-state index in [2.05, 4.69) is 39.8 Å². The predicted octanol–water partition coefficient (Wildman–Crippen LogP) is 4.92. The van der Waals surface area contributed by atoms with Crippen LogP contribution in [0.2, 0.25) is 0 Å². The normalized spacial score (nSPS) is 48.7. The topological polar surface area (TPSA) is 94.5 Å². The van der Waals surface area contributed by atoms with Crippen LogP contribution < -0.4 is 0 Å². The van der Waals surface area contributed by atoms with Gasteiger partial charge in [-0.05, 0) is 62.5 Å². The summed E-state index contributed by atoms with van der Waals surface area (Å²) in [5.41, 5.74) is 0.788. The van der Waals surface area contributed by atoms with E-state index < -0.39 is 41.6 Å². The molecule has 4 aliphatic heterocycles. The van der Waals surface area contributed by atoms with E-state index in [1.54, 1.807) is 13.0 Å². The molecule has 10 atom stereocenters. The predicted molar refractivity (Wildman–Crippen MR) is 148 cm³/mol. The molecule has 0 amide bonds. The van der Waals surface area contributed by atoms with Gasteiger partial charge in [0.05, 0.1) is 18.8 Å². The molecule has 39 heavy (non-hydrogen) atoms. The Morgan fingerprint density at radius 1 is 1.15 bits per heavy atom. The summed E-state index contributed by atoms with van der Waals surface area (Å²) >= 11 is 0. The van der Waals surface area contributed by atoms with Gasteiger partial charge in [0.25, 0.3) is 0 Å². The summed E-state index contributed by atoms with van der Waals surface area (Å²) in [6, 6.07) is 0. The van der Waals surface area contributed by atoms with E-state index >= 15 is 0 Å². The average molecular weight is 543 g/mol. The minimum Gasteiger partial charge on any atom is -0.462 e. The highest BCUT2D eigenvalue weighted by Crippen LogP contribution is 2.47. The fourth-order valence-electron chi connectivity index (χ4n) is 7.23. The third-order valence-electron chi connectivity index (χ3n) is 9.50. The third-order valence-corrected chi connectivity index (χ3v) is 9.50. The Balaban J connectivity index is 1.51. The molecule has 0 aromatic heterocycles. The Bertz CT molecular complexity index is 1060. The highest BCUT2D eigenvalue weighted by molar-refractivity contribution is 5.78. The van der Waals surface area contributed by atoms with E-state index in [1.807, 2.05) is 12.2 Å². The Hall–Kier alpha value is -1.77. The van der Waals surface area contributed by atoms with E-state index in [9.17, 15) is 15.0 Å². The molecule has 5 rings (SSSR count). The minimum absolute atomic E-state index is 0.104. The van der Waals surface area contributed by atoms with Gasteiger partial charge in [0.15, 0.2) is 5.79 Å². The lowest BCUT2D eigenvalue weighted by atomic mass is 9.71. The summed E-state index contributed by atoms with van der Waals surface area (Å²) in [6.45, 7) is 10.6. The number of carbonyl (C=O) groups excluding carboxylic acids is 1. The fraction of sp³-hybridized carbons (Fsp3) is 0.719. The number of esters is 1. The maximum atomic E-state index is 13.9. The number of aliphatic hydroxyl groups excluding tert-OH is 1. The molecule has 1 aliphatic carbocycles. The Morgan fingerprint density at radius 3 is 2.72 bits per heavy atom. The number of rotatable bonds is 1. The van der Waals surface area contributed by atoms with E-state index in [1.165, 1.54) is 5.57 Å². The molecule has 0 aromatic rings. The maximum absolute atomic E-state index is 13.9. The molecule has 2 N–H and O–H groups in total. The van der Waals surface area contributed by atoms with Crippen molar-refractivity contribution in [3.05, 3.63) is 47.1 Å². The van der Waals surface area contributed by atoms with Crippen molar-refractivity contribution in [1.29, 1.82) is 0 Å². The van der Waals surface area contributed by atoms with Gasteiger partial charge >= 0.3 is 5.97 Å². The molecule has 4 heterocycles. The molecule has 5 aliphatic rings. The highest BCUT2D eigenvalue weighted by Gasteiger charge is 2.60. The van der Waals surface area contributed by atoms with Gasteiger partial charge in [-0.25, -0.2) is 0 Å². The smallest absolute Gasteiger partial charge is 0.316 e. The van der Waals surface area contributed by atoms with Gasteiger partial charge in [-0.1, -0.05) is 56.7 Å². The van der Waals surface area contributed by atoms with Crippen LogP contribution in [0.3, 0.4) is 0 Å². The first kappa shape index (κ1) is 28.7. The van der Waals surface area contributed by atoms with Crippen LogP contribution >= 0.6 is 0 Å². The van der Waals surface area contributed by atoms with E-state index in [-0.39, 0.29) is 18.8 Å². The van der Waals surface area contributed by atoms with E-state index in [4.69, 9.17) is 18.9 Å².